The van der Waals surface area contributed by atoms with Crippen molar-refractivity contribution in [3.05, 3.63) is 42.1 Å². The number of benzene rings is 1. The van der Waals surface area contributed by atoms with Crippen LogP contribution in [0, 0.1) is 0 Å². The van der Waals surface area contributed by atoms with Gasteiger partial charge in [-0.3, -0.25) is 9.78 Å². The van der Waals surface area contributed by atoms with Gasteiger partial charge in [-0.15, -0.1) is 0 Å². The minimum atomic E-state index is -3.72. The second-order valence-electron chi connectivity index (χ2n) is 4.32. The van der Waals surface area contributed by atoms with E-state index < -0.39 is 21.1 Å². The third-order valence-corrected chi connectivity index (χ3v) is 4.92. The van der Waals surface area contributed by atoms with E-state index in [1.165, 1.54) is 13.1 Å². The quantitative estimate of drug-likeness (QED) is 0.919. The number of para-hydroxylation sites is 1. The lowest BCUT2D eigenvalue weighted by atomic mass is 10.2. The monoisotopic (exact) mass is 279 g/mol. The van der Waals surface area contributed by atoms with Crippen LogP contribution in [-0.2, 0) is 20.4 Å². The molecule has 100 valence electrons. The van der Waals surface area contributed by atoms with Gasteiger partial charge in [0.2, 0.25) is 0 Å². The zero-order valence-corrected chi connectivity index (χ0v) is 11.1. The topological polar surface area (TPSA) is 84.3 Å². The van der Waals surface area contributed by atoms with Gasteiger partial charge in [-0.1, -0.05) is 18.2 Å². The molecule has 6 heteroatoms. The van der Waals surface area contributed by atoms with E-state index >= 15 is 0 Å². The molecule has 1 unspecified atom stereocenters. The Labute approximate surface area is 110 Å². The van der Waals surface area contributed by atoms with Crippen molar-refractivity contribution >= 4 is 26.7 Å². The normalized spacial score (nSPS) is 13.3. The first-order valence-corrected chi connectivity index (χ1v) is 7.40. The van der Waals surface area contributed by atoms with Crippen molar-refractivity contribution in [1.29, 1.82) is 0 Å². The summed E-state index contributed by atoms with van der Waals surface area (Å²) in [4.78, 5) is 14.9. The molecule has 0 fully saturated rings. The van der Waals surface area contributed by atoms with E-state index in [0.717, 1.165) is 10.9 Å². The van der Waals surface area contributed by atoms with Gasteiger partial charge in [0.15, 0.2) is 15.1 Å². The number of aromatic nitrogens is 1. The van der Waals surface area contributed by atoms with Crippen LogP contribution in [0.3, 0.4) is 0 Å². The van der Waals surface area contributed by atoms with Crippen molar-refractivity contribution in [3.63, 3.8) is 0 Å². The second kappa shape index (κ2) is 4.97. The Kier molecular flexibility index (Phi) is 3.53. The van der Waals surface area contributed by atoms with Gasteiger partial charge >= 0.3 is 5.97 Å². The number of carboxylic acid groups (broad SMARTS) is 1. The number of aliphatic carboxylic acids is 1. The Morgan fingerprint density at radius 1 is 1.37 bits per heavy atom. The van der Waals surface area contributed by atoms with Gasteiger partial charge < -0.3 is 5.11 Å². The molecule has 1 atom stereocenters. The predicted molar refractivity (Wildman–Crippen MR) is 71.5 cm³/mol. The minimum Gasteiger partial charge on any atom is -0.480 e. The summed E-state index contributed by atoms with van der Waals surface area (Å²) in [7, 11) is -3.72. The summed E-state index contributed by atoms with van der Waals surface area (Å²) < 4.78 is 23.7. The molecule has 1 heterocycles. The predicted octanol–water partition coefficient (Wildman–Crippen LogP) is 1.62. The van der Waals surface area contributed by atoms with Crippen LogP contribution in [0.4, 0.5) is 0 Å². The van der Waals surface area contributed by atoms with Gasteiger partial charge in [0.25, 0.3) is 0 Å². The van der Waals surface area contributed by atoms with Crippen molar-refractivity contribution in [2.24, 2.45) is 0 Å². The highest BCUT2D eigenvalue weighted by Crippen LogP contribution is 2.16. The fourth-order valence-electron chi connectivity index (χ4n) is 1.71. The molecule has 0 aliphatic heterocycles. The Morgan fingerprint density at radius 3 is 2.74 bits per heavy atom. The first-order valence-electron chi connectivity index (χ1n) is 5.68. The van der Waals surface area contributed by atoms with E-state index in [1.807, 2.05) is 24.3 Å². The second-order valence-corrected chi connectivity index (χ2v) is 6.65. The van der Waals surface area contributed by atoms with Crippen molar-refractivity contribution in [3.8, 4) is 0 Å². The van der Waals surface area contributed by atoms with E-state index in [9.17, 15) is 13.2 Å². The van der Waals surface area contributed by atoms with Crippen molar-refractivity contribution in [1.82, 2.24) is 4.98 Å². The number of nitrogens with zero attached hydrogens (tertiary/aromatic N) is 1. The van der Waals surface area contributed by atoms with E-state index in [1.54, 1.807) is 6.07 Å². The highest BCUT2D eigenvalue weighted by molar-refractivity contribution is 7.91. The summed E-state index contributed by atoms with van der Waals surface area (Å²) in [5.74, 6) is -1.66. The van der Waals surface area contributed by atoms with E-state index in [4.69, 9.17) is 5.11 Å². The number of carboxylic acids is 1. The van der Waals surface area contributed by atoms with Gasteiger partial charge in [-0.25, -0.2) is 8.42 Å². The molecule has 0 bridgehead atoms. The Morgan fingerprint density at radius 2 is 2.05 bits per heavy atom. The van der Waals surface area contributed by atoms with Gasteiger partial charge in [-0.05, 0) is 24.6 Å². The summed E-state index contributed by atoms with van der Waals surface area (Å²) in [5, 5.41) is 8.19. The average Bonchev–Trinajstić information content (AvgIpc) is 2.37. The molecular formula is C13H13NO4S. The lowest BCUT2D eigenvalue weighted by molar-refractivity contribution is -0.136. The Balaban J connectivity index is 2.34. The molecule has 2 aromatic rings. The maximum absolute atomic E-state index is 11.9. The first kappa shape index (κ1) is 13.5. The molecule has 1 aromatic heterocycles. The molecule has 0 spiro atoms. The highest BCUT2D eigenvalue weighted by Gasteiger charge is 2.27. The van der Waals surface area contributed by atoms with Crippen molar-refractivity contribution < 1.29 is 18.3 Å². The number of rotatable bonds is 4. The molecular weight excluding hydrogens is 266 g/mol. The minimum absolute atomic E-state index is 0.321. The van der Waals surface area contributed by atoms with Crippen LogP contribution in [0.2, 0.25) is 0 Å². The molecule has 0 saturated heterocycles. The standard InChI is InChI=1S/C13H13NO4S/c1-9(13(15)16)19(17,18)8-10-6-11-4-2-3-5-12(11)14-7-10/h2-7,9H,8H2,1H3,(H,15,16). The molecule has 2 rings (SSSR count). The zero-order valence-electron chi connectivity index (χ0n) is 10.3. The number of pyridine rings is 1. The summed E-state index contributed by atoms with van der Waals surface area (Å²) >= 11 is 0. The van der Waals surface area contributed by atoms with E-state index in [-0.39, 0.29) is 5.75 Å². The van der Waals surface area contributed by atoms with Gasteiger partial charge in [0.1, 0.15) is 0 Å². The highest BCUT2D eigenvalue weighted by atomic mass is 32.2. The third kappa shape index (κ3) is 2.90. The Hall–Kier alpha value is -1.95. The Bertz CT molecular complexity index is 724. The van der Waals surface area contributed by atoms with Crippen LogP contribution in [-0.4, -0.2) is 29.7 Å². The molecule has 19 heavy (non-hydrogen) atoms. The van der Waals surface area contributed by atoms with Crippen LogP contribution >= 0.6 is 0 Å². The molecule has 5 nitrogen and oxygen atoms in total. The van der Waals surface area contributed by atoms with Gasteiger partial charge in [-0.2, -0.15) is 0 Å². The average molecular weight is 279 g/mol. The van der Waals surface area contributed by atoms with Crippen LogP contribution in [0.5, 0.6) is 0 Å². The smallest absolute Gasteiger partial charge is 0.321 e. The lowest BCUT2D eigenvalue weighted by Crippen LogP contribution is -2.28. The maximum Gasteiger partial charge on any atom is 0.321 e. The van der Waals surface area contributed by atoms with E-state index in [2.05, 4.69) is 4.98 Å². The molecule has 0 aliphatic rings. The number of fused-ring (bicyclic) bond motifs is 1. The van der Waals surface area contributed by atoms with Crippen LogP contribution in [0.25, 0.3) is 10.9 Å². The summed E-state index contributed by atoms with van der Waals surface area (Å²) in [6.45, 7) is 1.17. The molecule has 0 aliphatic carbocycles. The third-order valence-electron chi connectivity index (χ3n) is 2.90. The van der Waals surface area contributed by atoms with E-state index in [0.29, 0.717) is 5.56 Å². The van der Waals surface area contributed by atoms with Crippen LogP contribution in [0.15, 0.2) is 36.5 Å². The fraction of sp³-hybridized carbons (Fsp3) is 0.231. The summed E-state index contributed by atoms with van der Waals surface area (Å²) in [6.07, 6.45) is 1.47. The van der Waals surface area contributed by atoms with Gasteiger partial charge in [0.05, 0.1) is 11.3 Å². The summed E-state index contributed by atoms with van der Waals surface area (Å²) in [5.41, 5.74) is 1.27. The molecule has 0 amide bonds. The van der Waals surface area contributed by atoms with Crippen LogP contribution in [0.1, 0.15) is 12.5 Å². The molecule has 1 N–H and O–H groups in total. The fourth-order valence-corrected chi connectivity index (χ4v) is 2.89. The van der Waals surface area contributed by atoms with Crippen LogP contribution < -0.4 is 0 Å². The molecule has 1 aromatic carbocycles. The van der Waals surface area contributed by atoms with Crippen molar-refractivity contribution in [2.75, 3.05) is 0 Å². The number of hydrogen-bond acceptors (Lipinski definition) is 4. The summed E-state index contributed by atoms with van der Waals surface area (Å²) in [6, 6.07) is 9.06. The van der Waals surface area contributed by atoms with Crippen molar-refractivity contribution in [2.45, 2.75) is 17.9 Å². The molecule has 0 radical (unpaired) electrons. The maximum atomic E-state index is 11.9. The number of hydrogen-bond donors (Lipinski definition) is 1. The largest absolute Gasteiger partial charge is 0.480 e. The molecule has 0 saturated carbocycles. The number of sulfone groups is 1. The lowest BCUT2D eigenvalue weighted by Gasteiger charge is -2.08. The first-order chi connectivity index (χ1) is 8.90. The van der Waals surface area contributed by atoms with Gasteiger partial charge in [0, 0.05) is 11.6 Å². The number of carbonyl (C=O) groups is 1. The SMILES string of the molecule is CC(C(=O)O)S(=O)(=O)Cc1cnc2ccccc2c1. The zero-order chi connectivity index (χ0) is 14.0.